The zero-order valence-electron chi connectivity index (χ0n) is 10.2. The number of rotatable bonds is 2. The summed E-state index contributed by atoms with van der Waals surface area (Å²) in [6, 6.07) is 5.82. The van der Waals surface area contributed by atoms with Crippen LogP contribution in [0.25, 0.3) is 10.9 Å². The van der Waals surface area contributed by atoms with Crippen molar-refractivity contribution in [2.75, 3.05) is 25.1 Å². The number of hydrogen-bond donors (Lipinski definition) is 0. The molecular formula is C13H14ClN3O. The van der Waals surface area contributed by atoms with Crippen molar-refractivity contribution in [2.24, 2.45) is 0 Å². The average Bonchev–Trinajstić information content (AvgIpc) is 2.90. The predicted molar refractivity (Wildman–Crippen MR) is 72.5 cm³/mol. The zero-order valence-corrected chi connectivity index (χ0v) is 10.9. The molecule has 1 aromatic carbocycles. The molecule has 94 valence electrons. The van der Waals surface area contributed by atoms with Gasteiger partial charge in [-0.15, -0.1) is 0 Å². The summed E-state index contributed by atoms with van der Waals surface area (Å²) < 4.78 is 5.21. The molecule has 0 N–H and O–H groups in total. The molecule has 0 atom stereocenters. The zero-order chi connectivity index (χ0) is 12.5. The van der Waals surface area contributed by atoms with Crippen LogP contribution in [0.1, 0.15) is 12.8 Å². The van der Waals surface area contributed by atoms with Crippen molar-refractivity contribution in [1.29, 1.82) is 0 Å². The van der Waals surface area contributed by atoms with E-state index in [4.69, 9.17) is 16.3 Å². The van der Waals surface area contributed by atoms with E-state index in [0.717, 1.165) is 35.6 Å². The summed E-state index contributed by atoms with van der Waals surface area (Å²) in [4.78, 5) is 10.9. The fourth-order valence-electron chi connectivity index (χ4n) is 2.36. The molecule has 2 heterocycles. The molecule has 0 unspecified atom stereocenters. The number of benzene rings is 1. The van der Waals surface area contributed by atoms with Crippen molar-refractivity contribution in [2.45, 2.75) is 12.8 Å². The van der Waals surface area contributed by atoms with Crippen LogP contribution in [-0.4, -0.2) is 30.2 Å². The topological polar surface area (TPSA) is 38.2 Å². The molecule has 4 nitrogen and oxygen atoms in total. The van der Waals surface area contributed by atoms with Crippen molar-refractivity contribution in [1.82, 2.24) is 9.97 Å². The number of halogens is 1. The lowest BCUT2D eigenvalue weighted by Gasteiger charge is -2.18. The lowest BCUT2D eigenvalue weighted by atomic mass is 10.2. The summed E-state index contributed by atoms with van der Waals surface area (Å²) in [5.74, 6) is 1.72. The third-order valence-corrected chi connectivity index (χ3v) is 3.43. The molecule has 1 aromatic heterocycles. The Bertz CT molecular complexity index is 582. The number of aromatic nitrogens is 2. The minimum Gasteiger partial charge on any atom is -0.497 e. The van der Waals surface area contributed by atoms with Gasteiger partial charge in [-0.2, -0.15) is 4.98 Å². The van der Waals surface area contributed by atoms with Crippen molar-refractivity contribution in [3.63, 3.8) is 0 Å². The minimum absolute atomic E-state index is 0.289. The minimum atomic E-state index is 0.289. The molecular weight excluding hydrogens is 250 g/mol. The normalized spacial score (nSPS) is 15.3. The highest BCUT2D eigenvalue weighted by atomic mass is 35.5. The van der Waals surface area contributed by atoms with Gasteiger partial charge in [-0.3, -0.25) is 0 Å². The number of anilines is 1. The van der Waals surface area contributed by atoms with Crippen LogP contribution in [0.5, 0.6) is 5.75 Å². The maximum absolute atomic E-state index is 6.01. The second kappa shape index (κ2) is 4.61. The van der Waals surface area contributed by atoms with E-state index in [2.05, 4.69) is 14.9 Å². The quantitative estimate of drug-likeness (QED) is 0.781. The Morgan fingerprint density at radius 1 is 1.22 bits per heavy atom. The Morgan fingerprint density at radius 2 is 2.00 bits per heavy atom. The third kappa shape index (κ3) is 1.97. The molecule has 5 heteroatoms. The van der Waals surface area contributed by atoms with E-state index in [1.54, 1.807) is 7.11 Å². The largest absolute Gasteiger partial charge is 0.497 e. The fraction of sp³-hybridized carbons (Fsp3) is 0.385. The predicted octanol–water partition coefficient (Wildman–Crippen LogP) is 2.89. The van der Waals surface area contributed by atoms with Gasteiger partial charge in [-0.1, -0.05) is 0 Å². The maximum atomic E-state index is 6.01. The molecule has 0 aliphatic carbocycles. The van der Waals surface area contributed by atoms with E-state index >= 15 is 0 Å². The highest BCUT2D eigenvalue weighted by Gasteiger charge is 2.17. The second-order valence-electron chi connectivity index (χ2n) is 4.39. The molecule has 1 aliphatic rings. The van der Waals surface area contributed by atoms with Gasteiger partial charge >= 0.3 is 0 Å². The van der Waals surface area contributed by atoms with Gasteiger partial charge in [-0.05, 0) is 36.6 Å². The molecule has 2 aromatic rings. The first-order chi connectivity index (χ1) is 8.78. The van der Waals surface area contributed by atoms with E-state index in [1.807, 2.05) is 18.2 Å². The van der Waals surface area contributed by atoms with Gasteiger partial charge in [0, 0.05) is 24.5 Å². The van der Waals surface area contributed by atoms with Gasteiger partial charge in [0.2, 0.25) is 5.28 Å². The Labute approximate surface area is 111 Å². The molecule has 0 radical (unpaired) electrons. The molecule has 1 saturated heterocycles. The molecule has 0 bridgehead atoms. The molecule has 18 heavy (non-hydrogen) atoms. The van der Waals surface area contributed by atoms with Crippen molar-refractivity contribution in [3.05, 3.63) is 23.5 Å². The van der Waals surface area contributed by atoms with E-state index in [1.165, 1.54) is 12.8 Å². The molecule has 0 saturated carbocycles. The van der Waals surface area contributed by atoms with Crippen LogP contribution in [0.4, 0.5) is 5.82 Å². The lowest BCUT2D eigenvalue weighted by molar-refractivity contribution is 0.415. The number of nitrogens with zero attached hydrogens (tertiary/aromatic N) is 3. The van der Waals surface area contributed by atoms with Crippen molar-refractivity contribution < 1.29 is 4.74 Å². The average molecular weight is 264 g/mol. The van der Waals surface area contributed by atoms with Gasteiger partial charge in [0.1, 0.15) is 11.6 Å². The Morgan fingerprint density at radius 3 is 2.72 bits per heavy atom. The summed E-state index contributed by atoms with van der Waals surface area (Å²) >= 11 is 6.01. The van der Waals surface area contributed by atoms with Crippen LogP contribution in [0.2, 0.25) is 5.28 Å². The number of ether oxygens (including phenoxy) is 1. The summed E-state index contributed by atoms with van der Waals surface area (Å²) in [6.45, 7) is 2.07. The van der Waals surface area contributed by atoms with Crippen molar-refractivity contribution >= 4 is 28.3 Å². The van der Waals surface area contributed by atoms with Crippen LogP contribution in [0, 0.1) is 0 Å². The lowest BCUT2D eigenvalue weighted by Crippen LogP contribution is -2.19. The van der Waals surface area contributed by atoms with Gasteiger partial charge in [-0.25, -0.2) is 4.98 Å². The monoisotopic (exact) mass is 263 g/mol. The highest BCUT2D eigenvalue weighted by molar-refractivity contribution is 6.28. The second-order valence-corrected chi connectivity index (χ2v) is 4.73. The SMILES string of the molecule is COc1ccc2c(N3CCCC3)nc(Cl)nc2c1. The third-order valence-electron chi connectivity index (χ3n) is 3.26. The van der Waals surface area contributed by atoms with Crippen LogP contribution >= 0.6 is 11.6 Å². The van der Waals surface area contributed by atoms with Gasteiger partial charge in [0.05, 0.1) is 12.6 Å². The van der Waals surface area contributed by atoms with Crippen LogP contribution < -0.4 is 9.64 Å². The first-order valence-corrected chi connectivity index (χ1v) is 6.42. The first kappa shape index (κ1) is 11.5. The fourth-order valence-corrected chi connectivity index (χ4v) is 2.53. The highest BCUT2D eigenvalue weighted by Crippen LogP contribution is 2.30. The summed E-state index contributed by atoms with van der Waals surface area (Å²) in [6.07, 6.45) is 2.42. The van der Waals surface area contributed by atoms with E-state index < -0.39 is 0 Å². The van der Waals surface area contributed by atoms with Crippen LogP contribution in [0.15, 0.2) is 18.2 Å². The first-order valence-electron chi connectivity index (χ1n) is 6.04. The van der Waals surface area contributed by atoms with Gasteiger partial charge in [0.15, 0.2) is 0 Å². The van der Waals surface area contributed by atoms with Gasteiger partial charge in [0.25, 0.3) is 0 Å². The molecule has 1 fully saturated rings. The summed E-state index contributed by atoms with van der Waals surface area (Å²) in [7, 11) is 1.64. The van der Waals surface area contributed by atoms with Gasteiger partial charge < -0.3 is 9.64 Å². The summed E-state index contributed by atoms with van der Waals surface area (Å²) in [5.41, 5.74) is 0.830. The Balaban J connectivity index is 2.17. The van der Waals surface area contributed by atoms with Crippen molar-refractivity contribution in [3.8, 4) is 5.75 Å². The molecule has 0 amide bonds. The molecule has 3 rings (SSSR count). The van der Waals surface area contributed by atoms with Crippen LogP contribution in [-0.2, 0) is 0 Å². The van der Waals surface area contributed by atoms with E-state index in [-0.39, 0.29) is 5.28 Å². The Hall–Kier alpha value is -1.55. The molecule has 0 spiro atoms. The number of fused-ring (bicyclic) bond motifs is 1. The summed E-state index contributed by atoms with van der Waals surface area (Å²) in [5, 5.41) is 1.32. The van der Waals surface area contributed by atoms with E-state index in [9.17, 15) is 0 Å². The standard InChI is InChI=1S/C13H14ClN3O/c1-18-9-4-5-10-11(8-9)15-13(14)16-12(10)17-6-2-3-7-17/h4-5,8H,2-3,6-7H2,1H3. The smallest absolute Gasteiger partial charge is 0.224 e. The van der Waals surface area contributed by atoms with Crippen LogP contribution in [0.3, 0.4) is 0 Å². The number of methoxy groups -OCH3 is 1. The van der Waals surface area contributed by atoms with E-state index in [0.29, 0.717) is 0 Å². The molecule has 1 aliphatic heterocycles. The Kier molecular flexibility index (Phi) is 2.96. The number of hydrogen-bond acceptors (Lipinski definition) is 4. The maximum Gasteiger partial charge on any atom is 0.224 e.